The number of terminal acetylenes is 1. The van der Waals surface area contributed by atoms with Gasteiger partial charge in [0.05, 0.1) is 22.7 Å². The number of ether oxygens (including phenoxy) is 1. The van der Waals surface area contributed by atoms with Crippen LogP contribution in [0.1, 0.15) is 17.7 Å². The van der Waals surface area contributed by atoms with E-state index < -0.39 is 22.8 Å². The molecular weight excluding hydrogens is 500 g/mol. The number of amidine groups is 1. The van der Waals surface area contributed by atoms with Gasteiger partial charge >= 0.3 is 0 Å². The fourth-order valence-electron chi connectivity index (χ4n) is 4.88. The van der Waals surface area contributed by atoms with Crippen LogP contribution in [-0.4, -0.2) is 38.4 Å². The highest BCUT2D eigenvalue weighted by Crippen LogP contribution is 2.71. The molecule has 4 aromatic rings. The van der Waals surface area contributed by atoms with E-state index in [-0.39, 0.29) is 23.3 Å². The number of anilines is 2. The number of nitrogens with one attached hydrogen (secondary N) is 1. The molecule has 1 aliphatic heterocycles. The molecule has 0 saturated heterocycles. The zero-order chi connectivity index (χ0) is 25.6. The van der Waals surface area contributed by atoms with E-state index in [0.717, 1.165) is 0 Å². The molecule has 3 atom stereocenters. The number of nitrogens with two attached hydrogens (primary N) is 1. The lowest BCUT2D eigenvalue weighted by atomic mass is 9.84. The average molecular weight is 520 g/mol. The summed E-state index contributed by atoms with van der Waals surface area (Å²) in [5.41, 5.74) is 6.17. The molecule has 9 nitrogen and oxygen atoms in total. The van der Waals surface area contributed by atoms with Crippen molar-refractivity contribution >= 4 is 39.5 Å². The van der Waals surface area contributed by atoms with Gasteiger partial charge in [-0.15, -0.1) is 6.42 Å². The molecule has 6 rings (SSSR count). The van der Waals surface area contributed by atoms with Gasteiger partial charge in [-0.05, 0) is 24.6 Å². The molecule has 1 saturated carbocycles. The number of aliphatic imine (C=N–C) groups is 1. The van der Waals surface area contributed by atoms with Gasteiger partial charge in [-0.25, -0.2) is 33.7 Å². The van der Waals surface area contributed by atoms with E-state index in [4.69, 9.17) is 21.3 Å². The Labute approximate surface area is 214 Å². The van der Waals surface area contributed by atoms with Crippen molar-refractivity contribution in [2.45, 2.75) is 16.7 Å². The summed E-state index contributed by atoms with van der Waals surface area (Å²) in [6.45, 7) is -0.837. The number of hydrogen-bond acceptors (Lipinski definition) is 10. The minimum absolute atomic E-state index is 0.0888. The van der Waals surface area contributed by atoms with Crippen LogP contribution in [0.2, 0.25) is 0 Å². The van der Waals surface area contributed by atoms with Crippen LogP contribution in [0, 0.1) is 24.1 Å². The van der Waals surface area contributed by atoms with Gasteiger partial charge in [-0.2, -0.15) is 0 Å². The Hall–Kier alpha value is -4.24. The van der Waals surface area contributed by atoms with Crippen molar-refractivity contribution in [2.24, 2.45) is 16.6 Å². The van der Waals surface area contributed by atoms with Crippen LogP contribution in [-0.2, 0) is 10.3 Å². The Kier molecular flexibility index (Phi) is 5.45. The summed E-state index contributed by atoms with van der Waals surface area (Å²) in [6.07, 6.45) is 11.5. The van der Waals surface area contributed by atoms with E-state index in [9.17, 15) is 4.39 Å². The first-order valence-corrected chi connectivity index (χ1v) is 12.0. The number of nitrogens with zero attached hydrogens (tertiary/aromatic N) is 5. The third kappa shape index (κ3) is 3.74. The Bertz CT molecular complexity index is 1580. The van der Waals surface area contributed by atoms with Crippen molar-refractivity contribution in [3.05, 3.63) is 66.5 Å². The number of pyridine rings is 1. The molecule has 3 N–H and O–H groups in total. The van der Waals surface area contributed by atoms with Crippen LogP contribution in [0.3, 0.4) is 0 Å². The van der Waals surface area contributed by atoms with Crippen LogP contribution < -0.4 is 15.8 Å². The predicted octanol–water partition coefficient (Wildman–Crippen LogP) is 4.05. The Balaban J connectivity index is 1.37. The number of hydrogen-bond donors (Lipinski definition) is 2. The molecule has 12 heteroatoms. The summed E-state index contributed by atoms with van der Waals surface area (Å²) in [4.78, 5) is 21.3. The molecule has 1 aliphatic carbocycles. The first-order valence-electron chi connectivity index (χ1n) is 11.2. The van der Waals surface area contributed by atoms with Gasteiger partial charge in [0.1, 0.15) is 48.0 Å². The number of rotatable bonds is 7. The summed E-state index contributed by atoms with van der Waals surface area (Å²) in [7, 11) is 0. The molecule has 0 spiro atoms. The summed E-state index contributed by atoms with van der Waals surface area (Å²) < 4.78 is 40.5. The smallest absolute Gasteiger partial charge is 0.180 e. The molecule has 4 heterocycles. The Morgan fingerprint density at radius 2 is 2.16 bits per heavy atom. The molecule has 1 aromatic carbocycles. The highest BCUT2D eigenvalue weighted by Gasteiger charge is 2.70. The topological polar surface area (TPSA) is 124 Å². The number of thioether (sulfide) groups is 1. The van der Waals surface area contributed by atoms with Crippen molar-refractivity contribution in [3.63, 3.8) is 0 Å². The monoisotopic (exact) mass is 519 g/mol. The first kappa shape index (κ1) is 23.2. The lowest BCUT2D eigenvalue weighted by molar-refractivity contribution is 0.259. The number of halogens is 2. The summed E-state index contributed by atoms with van der Waals surface area (Å²) in [6, 6.07) is 6.02. The van der Waals surface area contributed by atoms with Gasteiger partial charge in [0.15, 0.2) is 17.4 Å². The van der Waals surface area contributed by atoms with E-state index in [1.54, 1.807) is 12.3 Å². The highest BCUT2D eigenvalue weighted by atomic mass is 32.2. The number of benzene rings is 1. The van der Waals surface area contributed by atoms with Crippen molar-refractivity contribution in [1.82, 2.24) is 19.9 Å². The molecule has 0 bridgehead atoms. The molecule has 37 heavy (non-hydrogen) atoms. The van der Waals surface area contributed by atoms with Crippen molar-refractivity contribution in [1.29, 1.82) is 0 Å². The van der Waals surface area contributed by atoms with Gasteiger partial charge < -0.3 is 20.2 Å². The van der Waals surface area contributed by atoms with Gasteiger partial charge in [-0.1, -0.05) is 17.7 Å². The maximum absolute atomic E-state index is 15.3. The zero-order valence-corrected chi connectivity index (χ0v) is 20.0. The standard InChI is InChI=1S/C25H19F2N7O2S/c1-2-5-35-15-7-18-21(30-9-15)22(32-12-31-18)33-14-3-4-17(27)16(6-14)24(11-26)19-8-25(19,37-23(28)34-24)20-10-29-13-36-20/h1,3-4,6-7,9-10,12-13,19H,5,8,11H2,(H2,28,34)(H,31,32,33)/t19-,24+,25-/m0/s1. The molecule has 1 fully saturated rings. The average Bonchev–Trinajstić information content (AvgIpc) is 3.38. The van der Waals surface area contributed by atoms with E-state index in [2.05, 4.69) is 36.2 Å². The summed E-state index contributed by atoms with van der Waals surface area (Å²) in [5, 5.41) is 3.31. The maximum Gasteiger partial charge on any atom is 0.180 e. The van der Waals surface area contributed by atoms with Crippen molar-refractivity contribution in [2.75, 3.05) is 18.6 Å². The molecule has 0 unspecified atom stereocenters. The SMILES string of the molecule is C#CCOc1cnc2c(Nc3ccc(F)c([C@@]4(CF)N=C(N)S[C@@]5(c6cnco6)C[C@@H]45)c3)ncnc2c1. The minimum Gasteiger partial charge on any atom is -0.479 e. The maximum atomic E-state index is 15.3. The molecule has 3 aromatic heterocycles. The van der Waals surface area contributed by atoms with Crippen molar-refractivity contribution < 1.29 is 17.9 Å². The van der Waals surface area contributed by atoms with Crippen LogP contribution in [0.4, 0.5) is 20.3 Å². The molecule has 0 radical (unpaired) electrons. The van der Waals surface area contributed by atoms with Crippen LogP contribution in [0.5, 0.6) is 5.75 Å². The molecular formula is C25H19F2N7O2S. The fourth-order valence-corrected chi connectivity index (χ4v) is 6.25. The largest absolute Gasteiger partial charge is 0.479 e. The second kappa shape index (κ2) is 8.70. The zero-order valence-electron chi connectivity index (χ0n) is 19.2. The highest BCUT2D eigenvalue weighted by molar-refractivity contribution is 8.14. The Morgan fingerprint density at radius 1 is 1.27 bits per heavy atom. The molecule has 186 valence electrons. The molecule has 2 aliphatic rings. The van der Waals surface area contributed by atoms with Crippen molar-refractivity contribution in [3.8, 4) is 18.1 Å². The van der Waals surface area contributed by atoms with E-state index in [0.29, 0.717) is 40.5 Å². The van der Waals surface area contributed by atoms with Gasteiger partial charge in [0.25, 0.3) is 0 Å². The van der Waals surface area contributed by atoms with Crippen LogP contribution in [0.15, 0.2) is 58.8 Å². The van der Waals surface area contributed by atoms with Gasteiger partial charge in [0, 0.05) is 23.2 Å². The van der Waals surface area contributed by atoms with E-state index >= 15 is 4.39 Å². The lowest BCUT2D eigenvalue weighted by Crippen LogP contribution is -2.39. The summed E-state index contributed by atoms with van der Waals surface area (Å²) in [5.74, 6) is 2.84. The third-order valence-electron chi connectivity index (χ3n) is 6.60. The fraction of sp³-hybridized carbons (Fsp3) is 0.240. The third-order valence-corrected chi connectivity index (χ3v) is 7.92. The lowest BCUT2D eigenvalue weighted by Gasteiger charge is -2.34. The number of oxazole rings is 1. The quantitative estimate of drug-likeness (QED) is 0.348. The second-order valence-electron chi connectivity index (χ2n) is 8.70. The van der Waals surface area contributed by atoms with Gasteiger partial charge in [-0.3, -0.25) is 0 Å². The number of fused-ring (bicyclic) bond motifs is 2. The first-order chi connectivity index (χ1) is 18.0. The normalized spacial score (nSPS) is 24.1. The Morgan fingerprint density at radius 3 is 2.95 bits per heavy atom. The minimum atomic E-state index is -1.51. The second-order valence-corrected chi connectivity index (χ2v) is 10.0. The predicted molar refractivity (Wildman–Crippen MR) is 134 cm³/mol. The van der Waals surface area contributed by atoms with Crippen LogP contribution >= 0.6 is 11.8 Å². The number of alkyl halides is 1. The molecule has 0 amide bonds. The van der Waals surface area contributed by atoms with Gasteiger partial charge in [0.2, 0.25) is 0 Å². The van der Waals surface area contributed by atoms with Crippen LogP contribution in [0.25, 0.3) is 11.0 Å². The van der Waals surface area contributed by atoms with E-state index in [1.807, 2.05) is 0 Å². The van der Waals surface area contributed by atoms with E-state index in [1.165, 1.54) is 48.9 Å². The number of aromatic nitrogens is 4. The summed E-state index contributed by atoms with van der Waals surface area (Å²) >= 11 is 1.30.